The molecule has 0 radical (unpaired) electrons. The summed E-state index contributed by atoms with van der Waals surface area (Å²) in [6, 6.07) is 9.20. The SMILES string of the molecule is Cc1nn(CC(=O)Nc2cc(C)n(Cc3ccc(Cl)cc3)n2)cc1[N+](=O)[O-]. The highest BCUT2D eigenvalue weighted by atomic mass is 35.5. The third kappa shape index (κ3) is 4.50. The average Bonchev–Trinajstić information content (AvgIpc) is 3.12. The minimum Gasteiger partial charge on any atom is -0.308 e. The molecule has 0 atom stereocenters. The first-order valence-corrected chi connectivity index (χ1v) is 8.47. The predicted octanol–water partition coefficient (Wildman–Crippen LogP) is 2.95. The Morgan fingerprint density at radius 2 is 1.96 bits per heavy atom. The van der Waals surface area contributed by atoms with Gasteiger partial charge in [0, 0.05) is 16.8 Å². The Hall–Kier alpha value is -3.20. The smallest absolute Gasteiger partial charge is 0.308 e. The molecule has 0 aliphatic carbocycles. The zero-order valence-corrected chi connectivity index (χ0v) is 15.5. The number of benzene rings is 1. The van der Waals surface area contributed by atoms with Crippen molar-refractivity contribution >= 4 is 29.0 Å². The molecule has 3 rings (SSSR count). The number of rotatable bonds is 6. The summed E-state index contributed by atoms with van der Waals surface area (Å²) in [7, 11) is 0. The van der Waals surface area contributed by atoms with Crippen LogP contribution in [0.1, 0.15) is 17.0 Å². The number of carbonyl (C=O) groups is 1. The van der Waals surface area contributed by atoms with Crippen molar-refractivity contribution in [3.63, 3.8) is 0 Å². The molecule has 27 heavy (non-hydrogen) atoms. The van der Waals surface area contributed by atoms with Crippen LogP contribution in [0.4, 0.5) is 11.5 Å². The van der Waals surface area contributed by atoms with Crippen LogP contribution in [0.25, 0.3) is 0 Å². The van der Waals surface area contributed by atoms with E-state index in [0.29, 0.717) is 17.4 Å². The van der Waals surface area contributed by atoms with Gasteiger partial charge in [-0.2, -0.15) is 10.2 Å². The van der Waals surface area contributed by atoms with E-state index in [1.807, 2.05) is 31.2 Å². The Morgan fingerprint density at radius 1 is 1.26 bits per heavy atom. The number of hydrogen-bond acceptors (Lipinski definition) is 5. The summed E-state index contributed by atoms with van der Waals surface area (Å²) in [5, 5.41) is 22.5. The normalized spacial score (nSPS) is 10.8. The Kier molecular flexibility index (Phi) is 5.22. The number of nitrogens with zero attached hydrogens (tertiary/aromatic N) is 5. The molecule has 140 valence electrons. The molecule has 3 aromatic rings. The topological polar surface area (TPSA) is 108 Å². The Balaban J connectivity index is 1.65. The van der Waals surface area contributed by atoms with Crippen LogP contribution in [-0.2, 0) is 17.9 Å². The minimum atomic E-state index is -0.529. The molecule has 0 fully saturated rings. The van der Waals surface area contributed by atoms with E-state index in [9.17, 15) is 14.9 Å². The van der Waals surface area contributed by atoms with E-state index < -0.39 is 4.92 Å². The molecule has 1 amide bonds. The van der Waals surface area contributed by atoms with E-state index in [4.69, 9.17) is 11.6 Å². The number of halogens is 1. The van der Waals surface area contributed by atoms with E-state index in [1.54, 1.807) is 10.7 Å². The first-order valence-electron chi connectivity index (χ1n) is 8.09. The number of anilines is 1. The highest BCUT2D eigenvalue weighted by Gasteiger charge is 2.17. The summed E-state index contributed by atoms with van der Waals surface area (Å²) in [6.45, 7) is 3.81. The van der Waals surface area contributed by atoms with Crippen LogP contribution in [0.2, 0.25) is 5.02 Å². The number of nitro groups is 1. The lowest BCUT2D eigenvalue weighted by Gasteiger charge is -2.05. The van der Waals surface area contributed by atoms with Crippen LogP contribution < -0.4 is 5.32 Å². The van der Waals surface area contributed by atoms with E-state index in [0.717, 1.165) is 11.3 Å². The van der Waals surface area contributed by atoms with Gasteiger partial charge in [-0.1, -0.05) is 23.7 Å². The number of aromatic nitrogens is 4. The Morgan fingerprint density at radius 3 is 2.59 bits per heavy atom. The van der Waals surface area contributed by atoms with E-state index in [1.165, 1.54) is 17.8 Å². The van der Waals surface area contributed by atoms with E-state index >= 15 is 0 Å². The number of aryl methyl sites for hydroxylation is 2. The fourth-order valence-electron chi connectivity index (χ4n) is 2.59. The highest BCUT2D eigenvalue weighted by molar-refractivity contribution is 6.30. The van der Waals surface area contributed by atoms with Gasteiger partial charge in [0.2, 0.25) is 5.91 Å². The van der Waals surface area contributed by atoms with Crippen LogP contribution in [0.5, 0.6) is 0 Å². The largest absolute Gasteiger partial charge is 0.309 e. The molecule has 0 saturated heterocycles. The summed E-state index contributed by atoms with van der Waals surface area (Å²) in [4.78, 5) is 22.5. The second-order valence-corrected chi connectivity index (χ2v) is 6.49. The van der Waals surface area contributed by atoms with Crippen LogP contribution in [0, 0.1) is 24.0 Å². The number of nitrogens with one attached hydrogen (secondary N) is 1. The van der Waals surface area contributed by atoms with Gasteiger partial charge in [-0.15, -0.1) is 0 Å². The Bertz CT molecular complexity index is 993. The van der Waals surface area contributed by atoms with Gasteiger partial charge >= 0.3 is 5.69 Å². The van der Waals surface area contributed by atoms with Crippen LogP contribution in [-0.4, -0.2) is 30.4 Å². The predicted molar refractivity (Wildman–Crippen MR) is 99.8 cm³/mol. The zero-order valence-electron chi connectivity index (χ0n) is 14.7. The van der Waals surface area contributed by atoms with Crippen molar-refractivity contribution in [3.05, 3.63) is 68.6 Å². The van der Waals surface area contributed by atoms with Gasteiger partial charge in [0.1, 0.15) is 18.4 Å². The second-order valence-electron chi connectivity index (χ2n) is 6.06. The van der Waals surface area contributed by atoms with Crippen molar-refractivity contribution in [2.45, 2.75) is 26.9 Å². The zero-order chi connectivity index (χ0) is 19.6. The lowest BCUT2D eigenvalue weighted by Crippen LogP contribution is -2.19. The van der Waals surface area contributed by atoms with Crippen LogP contribution in [0.15, 0.2) is 36.5 Å². The van der Waals surface area contributed by atoms with Gasteiger partial charge < -0.3 is 5.32 Å². The van der Waals surface area contributed by atoms with E-state index in [2.05, 4.69) is 15.5 Å². The maximum atomic E-state index is 12.2. The standard InChI is InChI=1S/C17H17ClN6O3/c1-11-7-16(21-23(11)8-13-3-5-14(18)6-4-13)19-17(25)10-22-9-15(24(26)27)12(2)20-22/h3-7,9H,8,10H2,1-2H3,(H,19,21,25). The first kappa shape index (κ1) is 18.6. The van der Waals surface area contributed by atoms with Crippen molar-refractivity contribution in [2.24, 2.45) is 0 Å². The van der Waals surface area contributed by atoms with Crippen molar-refractivity contribution in [2.75, 3.05) is 5.32 Å². The quantitative estimate of drug-likeness (QED) is 0.516. The van der Waals surface area contributed by atoms with Crippen molar-refractivity contribution in [1.82, 2.24) is 19.6 Å². The van der Waals surface area contributed by atoms with Gasteiger partial charge in [-0.25, -0.2) is 0 Å². The Labute approximate surface area is 159 Å². The minimum absolute atomic E-state index is 0.120. The molecule has 0 saturated carbocycles. The molecule has 2 aromatic heterocycles. The molecule has 0 spiro atoms. The van der Waals surface area contributed by atoms with Crippen LogP contribution >= 0.6 is 11.6 Å². The monoisotopic (exact) mass is 388 g/mol. The van der Waals surface area contributed by atoms with Gasteiger partial charge in [0.25, 0.3) is 0 Å². The third-order valence-corrected chi connectivity index (χ3v) is 4.17. The van der Waals surface area contributed by atoms with Crippen molar-refractivity contribution in [1.29, 1.82) is 0 Å². The number of carbonyl (C=O) groups excluding carboxylic acids is 1. The molecular weight excluding hydrogens is 372 g/mol. The summed E-state index contributed by atoms with van der Waals surface area (Å²) in [5.74, 6) is 0.0355. The lowest BCUT2D eigenvalue weighted by atomic mass is 10.2. The fraction of sp³-hybridized carbons (Fsp3) is 0.235. The summed E-state index contributed by atoms with van der Waals surface area (Å²) in [5.41, 5.74) is 2.05. The molecule has 1 N–H and O–H groups in total. The van der Waals surface area contributed by atoms with Crippen molar-refractivity contribution < 1.29 is 9.72 Å². The molecule has 0 unspecified atom stereocenters. The molecule has 0 bridgehead atoms. The molecule has 10 heteroatoms. The molecule has 1 aromatic carbocycles. The average molecular weight is 389 g/mol. The second kappa shape index (κ2) is 7.58. The molecule has 9 nitrogen and oxygen atoms in total. The molecule has 0 aliphatic heterocycles. The molecular formula is C17H17ClN6O3. The van der Waals surface area contributed by atoms with Gasteiger partial charge in [-0.3, -0.25) is 24.3 Å². The maximum absolute atomic E-state index is 12.2. The summed E-state index contributed by atoms with van der Waals surface area (Å²) >= 11 is 5.89. The fourth-order valence-corrected chi connectivity index (χ4v) is 2.72. The summed E-state index contributed by atoms with van der Waals surface area (Å²) in [6.07, 6.45) is 1.24. The van der Waals surface area contributed by atoms with Gasteiger partial charge in [0.15, 0.2) is 5.82 Å². The third-order valence-electron chi connectivity index (χ3n) is 3.92. The van der Waals surface area contributed by atoms with Crippen molar-refractivity contribution in [3.8, 4) is 0 Å². The molecule has 0 aliphatic rings. The van der Waals surface area contributed by atoms with E-state index in [-0.39, 0.29) is 23.8 Å². The number of hydrogen-bond donors (Lipinski definition) is 1. The van der Waals surface area contributed by atoms with Crippen LogP contribution in [0.3, 0.4) is 0 Å². The summed E-state index contributed by atoms with van der Waals surface area (Å²) < 4.78 is 3.00. The first-order chi connectivity index (χ1) is 12.8. The van der Waals surface area contributed by atoms with Gasteiger partial charge in [-0.05, 0) is 31.5 Å². The lowest BCUT2D eigenvalue weighted by molar-refractivity contribution is -0.385. The number of amides is 1. The van der Waals surface area contributed by atoms with Gasteiger partial charge in [0.05, 0.1) is 11.5 Å². The highest BCUT2D eigenvalue weighted by Crippen LogP contribution is 2.16. The molecule has 2 heterocycles. The maximum Gasteiger partial charge on any atom is 0.309 e.